The molecule has 0 N–H and O–H groups in total. The van der Waals surface area contributed by atoms with Crippen LogP contribution in [0.3, 0.4) is 0 Å². The summed E-state index contributed by atoms with van der Waals surface area (Å²) in [4.78, 5) is 2.42. The van der Waals surface area contributed by atoms with E-state index < -0.39 is 0 Å². The summed E-state index contributed by atoms with van der Waals surface area (Å²) in [6.45, 7) is 4.54. The third-order valence-corrected chi connectivity index (χ3v) is 15.8. The predicted molar refractivity (Wildman–Crippen MR) is 333 cm³/mol. The van der Waals surface area contributed by atoms with E-state index in [1.807, 2.05) is 0 Å². The van der Waals surface area contributed by atoms with E-state index in [2.05, 4.69) is 315 Å². The Bertz CT molecular complexity index is 4340. The predicted octanol–water partition coefficient (Wildman–Crippen LogP) is 21.2. The lowest BCUT2D eigenvalue weighted by Gasteiger charge is -2.29. The quantitative estimate of drug-likeness (QED) is 0.124. The number of hydrogen-bond donors (Lipinski definition) is 0. The van der Waals surface area contributed by atoms with Crippen LogP contribution < -0.4 is 4.90 Å². The van der Waals surface area contributed by atoms with E-state index in [0.717, 1.165) is 33.8 Å². The standard InChI is InChI=1S/C76H54N2/c1-51-48-74(52(2)47-69(51)76-67-37-21-19-35-65(67)75(55-27-11-5-12-28-55)66-36-20-22-38-68(66)76)77(58-29-13-6-14-30-58)59-41-43-60(44-42-59)78-72-45-39-56(63-33-17-15-31-61(63)53-23-7-3-8-24-53)49-70(72)71-50-57(40-46-73(71)78)64-34-18-16-32-62(64)54-25-9-4-10-26-54/h3-50H,1-2H3. The summed E-state index contributed by atoms with van der Waals surface area (Å²) in [5.74, 6) is 0. The maximum atomic E-state index is 2.45. The van der Waals surface area contributed by atoms with Gasteiger partial charge in [0.1, 0.15) is 0 Å². The van der Waals surface area contributed by atoms with Gasteiger partial charge in [0.15, 0.2) is 0 Å². The summed E-state index contributed by atoms with van der Waals surface area (Å²) in [7, 11) is 0. The first kappa shape index (κ1) is 46.5. The fraction of sp³-hybridized carbons (Fsp3) is 0.0263. The van der Waals surface area contributed by atoms with E-state index in [1.165, 1.54) is 110 Å². The summed E-state index contributed by atoms with van der Waals surface area (Å²) < 4.78 is 2.45. The molecule has 14 aromatic rings. The van der Waals surface area contributed by atoms with Crippen molar-refractivity contribution in [3.8, 4) is 72.4 Å². The molecule has 0 atom stereocenters. The van der Waals surface area contributed by atoms with Crippen LogP contribution in [0.25, 0.3) is 116 Å². The van der Waals surface area contributed by atoms with Crippen LogP contribution in [-0.4, -0.2) is 4.57 Å². The number of hydrogen-bond acceptors (Lipinski definition) is 1. The molecular formula is C76H54N2. The maximum absolute atomic E-state index is 2.45. The van der Waals surface area contributed by atoms with Gasteiger partial charge in [0.25, 0.3) is 0 Å². The molecule has 78 heavy (non-hydrogen) atoms. The van der Waals surface area contributed by atoms with Crippen molar-refractivity contribution >= 4 is 60.4 Å². The summed E-state index contributed by atoms with van der Waals surface area (Å²) in [6, 6.07) is 107. The molecule has 0 fully saturated rings. The molecule has 0 bridgehead atoms. The van der Waals surface area contributed by atoms with Gasteiger partial charge in [-0.25, -0.2) is 0 Å². The molecule has 2 nitrogen and oxygen atoms in total. The number of para-hydroxylation sites is 1. The zero-order chi connectivity index (χ0) is 52.1. The van der Waals surface area contributed by atoms with Gasteiger partial charge in [-0.3, -0.25) is 0 Å². The van der Waals surface area contributed by atoms with Gasteiger partial charge >= 0.3 is 0 Å². The second-order valence-corrected chi connectivity index (χ2v) is 20.5. The Morgan fingerprint density at radius 2 is 0.641 bits per heavy atom. The van der Waals surface area contributed by atoms with Crippen LogP contribution in [0, 0.1) is 13.8 Å². The zero-order valence-corrected chi connectivity index (χ0v) is 43.6. The minimum absolute atomic E-state index is 1.09. The molecule has 0 aliphatic heterocycles. The largest absolute Gasteiger partial charge is 0.310 e. The summed E-state index contributed by atoms with van der Waals surface area (Å²) in [5.41, 5.74) is 23.8. The third-order valence-electron chi connectivity index (χ3n) is 15.8. The SMILES string of the molecule is Cc1cc(N(c2ccccc2)c2ccc(-n3c4ccc(-c5ccccc5-c5ccccc5)cc4c4cc(-c5ccccc5-c5ccccc5)ccc43)cc2)c(C)cc1-c1c2ccccc2c(-c2ccccc2)c2ccccc12. The van der Waals surface area contributed by atoms with Crippen molar-refractivity contribution in [2.45, 2.75) is 13.8 Å². The zero-order valence-electron chi connectivity index (χ0n) is 43.6. The van der Waals surface area contributed by atoms with Crippen molar-refractivity contribution in [2.75, 3.05) is 4.90 Å². The molecule has 0 amide bonds. The second-order valence-electron chi connectivity index (χ2n) is 20.5. The van der Waals surface area contributed by atoms with Gasteiger partial charge in [-0.05, 0) is 186 Å². The topological polar surface area (TPSA) is 8.17 Å². The van der Waals surface area contributed by atoms with Gasteiger partial charge in [-0.15, -0.1) is 0 Å². The number of aryl methyl sites for hydroxylation is 2. The van der Waals surface area contributed by atoms with E-state index in [1.54, 1.807) is 0 Å². The first-order valence-electron chi connectivity index (χ1n) is 27.0. The van der Waals surface area contributed by atoms with E-state index >= 15 is 0 Å². The highest BCUT2D eigenvalue weighted by molar-refractivity contribution is 6.22. The van der Waals surface area contributed by atoms with E-state index in [9.17, 15) is 0 Å². The van der Waals surface area contributed by atoms with E-state index in [0.29, 0.717) is 0 Å². The third kappa shape index (κ3) is 8.05. The molecule has 0 saturated carbocycles. The van der Waals surface area contributed by atoms with Gasteiger partial charge in [-0.1, -0.05) is 218 Å². The maximum Gasteiger partial charge on any atom is 0.0541 e. The first-order chi connectivity index (χ1) is 38.6. The monoisotopic (exact) mass is 994 g/mol. The Morgan fingerprint density at radius 3 is 1.12 bits per heavy atom. The molecule has 0 aliphatic rings. The lowest BCUT2D eigenvalue weighted by atomic mass is 9.84. The van der Waals surface area contributed by atoms with Crippen molar-refractivity contribution in [1.82, 2.24) is 4.57 Å². The normalized spacial score (nSPS) is 11.5. The molecule has 0 spiro atoms. The number of fused-ring (bicyclic) bond motifs is 5. The van der Waals surface area contributed by atoms with Crippen molar-refractivity contribution < 1.29 is 0 Å². The molecular weight excluding hydrogens is 941 g/mol. The Balaban J connectivity index is 0.910. The molecule has 2 heteroatoms. The van der Waals surface area contributed by atoms with Crippen LogP contribution in [0.1, 0.15) is 11.1 Å². The van der Waals surface area contributed by atoms with Crippen LogP contribution in [0.4, 0.5) is 17.1 Å². The summed E-state index contributed by atoms with van der Waals surface area (Å²) in [5, 5.41) is 7.45. The molecule has 368 valence electrons. The highest BCUT2D eigenvalue weighted by atomic mass is 15.1. The second kappa shape index (κ2) is 19.6. The lowest BCUT2D eigenvalue weighted by Crippen LogP contribution is -2.12. The van der Waals surface area contributed by atoms with Crippen LogP contribution in [0.5, 0.6) is 0 Å². The molecule has 0 radical (unpaired) electrons. The molecule has 0 saturated heterocycles. The number of benzene rings is 13. The Labute approximate surface area is 456 Å². The van der Waals surface area contributed by atoms with Crippen LogP contribution >= 0.6 is 0 Å². The number of nitrogens with zero attached hydrogens (tertiary/aromatic N) is 2. The highest BCUT2D eigenvalue weighted by Gasteiger charge is 2.23. The molecule has 0 aliphatic carbocycles. The Morgan fingerprint density at radius 1 is 0.256 bits per heavy atom. The Kier molecular flexibility index (Phi) is 11.7. The highest BCUT2D eigenvalue weighted by Crippen LogP contribution is 2.48. The molecule has 14 rings (SSSR count). The minimum Gasteiger partial charge on any atom is -0.310 e. The van der Waals surface area contributed by atoms with Crippen molar-refractivity contribution in [3.63, 3.8) is 0 Å². The van der Waals surface area contributed by atoms with E-state index in [-0.39, 0.29) is 0 Å². The van der Waals surface area contributed by atoms with Gasteiger partial charge in [0.05, 0.1) is 11.0 Å². The fourth-order valence-corrected chi connectivity index (χ4v) is 12.2. The lowest BCUT2D eigenvalue weighted by molar-refractivity contribution is 1.17. The molecule has 0 unspecified atom stereocenters. The van der Waals surface area contributed by atoms with Gasteiger partial charge in [0, 0.05) is 33.5 Å². The number of aromatic nitrogens is 1. The van der Waals surface area contributed by atoms with Gasteiger partial charge < -0.3 is 9.47 Å². The smallest absolute Gasteiger partial charge is 0.0541 e. The molecule has 1 heterocycles. The van der Waals surface area contributed by atoms with Gasteiger partial charge in [-0.2, -0.15) is 0 Å². The number of anilines is 3. The van der Waals surface area contributed by atoms with Crippen molar-refractivity contribution in [2.24, 2.45) is 0 Å². The van der Waals surface area contributed by atoms with E-state index in [4.69, 9.17) is 0 Å². The molecule has 1 aromatic heterocycles. The van der Waals surface area contributed by atoms with Crippen LogP contribution in [0.2, 0.25) is 0 Å². The van der Waals surface area contributed by atoms with Crippen molar-refractivity contribution in [3.05, 3.63) is 302 Å². The average Bonchev–Trinajstić information content (AvgIpc) is 4.02. The summed E-state index contributed by atoms with van der Waals surface area (Å²) in [6.07, 6.45) is 0. The number of rotatable bonds is 10. The average molecular weight is 995 g/mol. The minimum atomic E-state index is 1.09. The summed E-state index contributed by atoms with van der Waals surface area (Å²) >= 11 is 0. The van der Waals surface area contributed by atoms with Crippen LogP contribution in [-0.2, 0) is 0 Å². The van der Waals surface area contributed by atoms with Crippen LogP contribution in [0.15, 0.2) is 291 Å². The fourth-order valence-electron chi connectivity index (χ4n) is 12.2. The molecule has 13 aromatic carbocycles. The first-order valence-corrected chi connectivity index (χ1v) is 27.0. The Hall–Kier alpha value is -10.0. The van der Waals surface area contributed by atoms with Crippen molar-refractivity contribution in [1.29, 1.82) is 0 Å². The van der Waals surface area contributed by atoms with Gasteiger partial charge in [0.2, 0.25) is 0 Å².